The Kier molecular flexibility index (Phi) is 4.63. The Hall–Kier alpha value is -0.870. The number of benzene rings is 1. The first-order valence-electron chi connectivity index (χ1n) is 6.60. The summed E-state index contributed by atoms with van der Waals surface area (Å²) in [5.74, 6) is 0.00354. The Labute approximate surface area is 122 Å². The molecule has 0 bridgehead atoms. The number of amides is 1. The van der Waals surface area contributed by atoms with Crippen LogP contribution in [0, 0.1) is 0 Å². The standard InChI is InChI=1S/C15H20BrNO2/c1-15(2)9-13(7-8-19-15)17-14(18)12-5-3-11(10-16)4-6-12/h3-6,13H,7-10H2,1-2H3,(H,17,18). The van der Waals surface area contributed by atoms with E-state index in [0.29, 0.717) is 12.2 Å². The smallest absolute Gasteiger partial charge is 0.251 e. The third-order valence-electron chi connectivity index (χ3n) is 3.40. The molecule has 1 saturated heterocycles. The monoisotopic (exact) mass is 325 g/mol. The Bertz CT molecular complexity index is 442. The molecule has 1 aliphatic rings. The van der Waals surface area contributed by atoms with Crippen molar-refractivity contribution in [1.29, 1.82) is 0 Å². The zero-order valence-corrected chi connectivity index (χ0v) is 13.0. The summed E-state index contributed by atoms with van der Waals surface area (Å²) in [6, 6.07) is 7.88. The predicted molar refractivity (Wildman–Crippen MR) is 79.6 cm³/mol. The maximum absolute atomic E-state index is 12.2. The molecule has 1 N–H and O–H groups in total. The molecule has 104 valence electrons. The molecular formula is C15H20BrNO2. The molecule has 1 aliphatic heterocycles. The third-order valence-corrected chi connectivity index (χ3v) is 4.05. The fourth-order valence-corrected chi connectivity index (χ4v) is 2.74. The topological polar surface area (TPSA) is 38.3 Å². The van der Waals surface area contributed by atoms with Gasteiger partial charge in [0.2, 0.25) is 0 Å². The molecule has 0 aromatic heterocycles. The van der Waals surface area contributed by atoms with Gasteiger partial charge >= 0.3 is 0 Å². The fourth-order valence-electron chi connectivity index (χ4n) is 2.37. The summed E-state index contributed by atoms with van der Waals surface area (Å²) in [4.78, 5) is 12.2. The van der Waals surface area contributed by atoms with Crippen molar-refractivity contribution < 1.29 is 9.53 Å². The highest BCUT2D eigenvalue weighted by Crippen LogP contribution is 2.24. The summed E-state index contributed by atoms with van der Waals surface area (Å²) < 4.78 is 5.66. The molecule has 1 unspecified atom stereocenters. The number of rotatable bonds is 3. The zero-order chi connectivity index (χ0) is 13.9. The van der Waals surface area contributed by atoms with E-state index in [4.69, 9.17) is 4.74 Å². The average Bonchev–Trinajstić information content (AvgIpc) is 2.37. The Morgan fingerprint density at radius 1 is 1.42 bits per heavy atom. The summed E-state index contributed by atoms with van der Waals surface area (Å²) in [5, 5.41) is 3.91. The number of carbonyl (C=O) groups excluding carboxylic acids is 1. The molecule has 0 spiro atoms. The van der Waals surface area contributed by atoms with E-state index in [1.807, 2.05) is 24.3 Å². The Balaban J connectivity index is 1.96. The summed E-state index contributed by atoms with van der Waals surface area (Å²) in [6.07, 6.45) is 1.74. The van der Waals surface area contributed by atoms with Gasteiger partial charge in [0.05, 0.1) is 5.60 Å². The van der Waals surface area contributed by atoms with Gasteiger partial charge in [0, 0.05) is 23.5 Å². The predicted octanol–water partition coefficient (Wildman–Crippen LogP) is 3.27. The summed E-state index contributed by atoms with van der Waals surface area (Å²) in [6.45, 7) is 4.84. The molecule has 1 amide bonds. The largest absolute Gasteiger partial charge is 0.375 e. The van der Waals surface area contributed by atoms with E-state index in [0.717, 1.165) is 18.2 Å². The maximum Gasteiger partial charge on any atom is 0.251 e. The highest BCUT2D eigenvalue weighted by Gasteiger charge is 2.29. The Morgan fingerprint density at radius 3 is 2.68 bits per heavy atom. The van der Waals surface area contributed by atoms with E-state index >= 15 is 0 Å². The molecule has 0 radical (unpaired) electrons. The molecule has 1 heterocycles. The van der Waals surface area contributed by atoms with Gasteiger partial charge in [-0.2, -0.15) is 0 Å². The number of halogens is 1. The molecule has 3 nitrogen and oxygen atoms in total. The van der Waals surface area contributed by atoms with E-state index in [-0.39, 0.29) is 17.6 Å². The fraction of sp³-hybridized carbons (Fsp3) is 0.533. The Morgan fingerprint density at radius 2 is 2.11 bits per heavy atom. The molecule has 1 atom stereocenters. The average molecular weight is 326 g/mol. The first-order valence-corrected chi connectivity index (χ1v) is 7.72. The van der Waals surface area contributed by atoms with Crippen LogP contribution in [0.2, 0.25) is 0 Å². The molecular weight excluding hydrogens is 306 g/mol. The molecule has 1 fully saturated rings. The SMILES string of the molecule is CC1(C)CC(NC(=O)c2ccc(CBr)cc2)CCO1. The molecule has 4 heteroatoms. The van der Waals surface area contributed by atoms with Crippen LogP contribution in [0.1, 0.15) is 42.6 Å². The number of nitrogens with one attached hydrogen (secondary N) is 1. The zero-order valence-electron chi connectivity index (χ0n) is 11.4. The van der Waals surface area contributed by atoms with E-state index in [1.165, 1.54) is 5.56 Å². The van der Waals surface area contributed by atoms with Crippen LogP contribution in [-0.4, -0.2) is 24.2 Å². The van der Waals surface area contributed by atoms with Crippen LogP contribution in [0.25, 0.3) is 0 Å². The number of hydrogen-bond acceptors (Lipinski definition) is 2. The summed E-state index contributed by atoms with van der Waals surface area (Å²) in [7, 11) is 0. The molecule has 0 aliphatic carbocycles. The first-order chi connectivity index (χ1) is 9.00. The van der Waals surface area contributed by atoms with Crippen molar-refractivity contribution in [2.45, 2.75) is 43.7 Å². The normalized spacial score (nSPS) is 21.9. The highest BCUT2D eigenvalue weighted by molar-refractivity contribution is 9.08. The molecule has 2 rings (SSSR count). The van der Waals surface area contributed by atoms with Crippen molar-refractivity contribution in [2.24, 2.45) is 0 Å². The van der Waals surface area contributed by atoms with Crippen LogP contribution in [0.5, 0.6) is 0 Å². The van der Waals surface area contributed by atoms with Crippen LogP contribution in [0.15, 0.2) is 24.3 Å². The second kappa shape index (κ2) is 6.06. The van der Waals surface area contributed by atoms with Crippen LogP contribution in [-0.2, 0) is 10.1 Å². The quantitative estimate of drug-likeness (QED) is 0.866. The van der Waals surface area contributed by atoms with Crippen molar-refractivity contribution >= 4 is 21.8 Å². The minimum Gasteiger partial charge on any atom is -0.375 e. The lowest BCUT2D eigenvalue weighted by atomic mass is 9.94. The summed E-state index contributed by atoms with van der Waals surface area (Å²) in [5.41, 5.74) is 1.74. The number of ether oxygens (including phenoxy) is 1. The lowest BCUT2D eigenvalue weighted by molar-refractivity contribution is -0.0615. The van der Waals surface area contributed by atoms with Gasteiger partial charge in [0.25, 0.3) is 5.91 Å². The molecule has 1 aromatic rings. The van der Waals surface area contributed by atoms with Crippen LogP contribution in [0.4, 0.5) is 0 Å². The van der Waals surface area contributed by atoms with Gasteiger partial charge in [-0.25, -0.2) is 0 Å². The van der Waals surface area contributed by atoms with Gasteiger partial charge in [-0.15, -0.1) is 0 Å². The highest BCUT2D eigenvalue weighted by atomic mass is 79.9. The van der Waals surface area contributed by atoms with Crippen molar-refractivity contribution in [2.75, 3.05) is 6.61 Å². The first kappa shape index (κ1) is 14.5. The maximum atomic E-state index is 12.2. The molecule has 1 aromatic carbocycles. The van der Waals surface area contributed by atoms with E-state index in [9.17, 15) is 4.79 Å². The van der Waals surface area contributed by atoms with Gasteiger partial charge in [0.1, 0.15) is 0 Å². The minimum atomic E-state index is -0.143. The number of alkyl halides is 1. The van der Waals surface area contributed by atoms with Crippen molar-refractivity contribution in [3.05, 3.63) is 35.4 Å². The second-order valence-corrected chi connectivity index (χ2v) is 6.16. The van der Waals surface area contributed by atoms with Gasteiger partial charge in [-0.1, -0.05) is 28.1 Å². The van der Waals surface area contributed by atoms with Crippen molar-refractivity contribution in [1.82, 2.24) is 5.32 Å². The van der Waals surface area contributed by atoms with E-state index < -0.39 is 0 Å². The van der Waals surface area contributed by atoms with Gasteiger partial charge in [-0.05, 0) is 44.4 Å². The lowest BCUT2D eigenvalue weighted by Gasteiger charge is -2.35. The van der Waals surface area contributed by atoms with Crippen LogP contribution < -0.4 is 5.32 Å². The number of hydrogen-bond donors (Lipinski definition) is 1. The summed E-state index contributed by atoms with van der Waals surface area (Å²) >= 11 is 3.40. The van der Waals surface area contributed by atoms with Gasteiger partial charge in [-0.3, -0.25) is 4.79 Å². The van der Waals surface area contributed by atoms with Crippen molar-refractivity contribution in [3.63, 3.8) is 0 Å². The second-order valence-electron chi connectivity index (χ2n) is 5.60. The third kappa shape index (κ3) is 4.05. The number of carbonyl (C=O) groups is 1. The molecule has 19 heavy (non-hydrogen) atoms. The van der Waals surface area contributed by atoms with Crippen molar-refractivity contribution in [3.8, 4) is 0 Å². The van der Waals surface area contributed by atoms with Gasteiger partial charge in [0.15, 0.2) is 0 Å². The minimum absolute atomic E-state index is 0.00354. The lowest BCUT2D eigenvalue weighted by Crippen LogP contribution is -2.45. The van der Waals surface area contributed by atoms with E-state index in [1.54, 1.807) is 0 Å². The van der Waals surface area contributed by atoms with Crippen LogP contribution >= 0.6 is 15.9 Å². The van der Waals surface area contributed by atoms with Gasteiger partial charge < -0.3 is 10.1 Å². The van der Waals surface area contributed by atoms with E-state index in [2.05, 4.69) is 35.1 Å². The van der Waals surface area contributed by atoms with Crippen LogP contribution in [0.3, 0.4) is 0 Å². The molecule has 0 saturated carbocycles.